The Hall–Kier alpha value is -0.470. The van der Waals surface area contributed by atoms with Crippen LogP contribution in [0.1, 0.15) is 51.4 Å². The fourth-order valence-electron chi connectivity index (χ4n) is 5.65. The molecule has 4 aliphatic rings. The van der Waals surface area contributed by atoms with Gasteiger partial charge in [-0.15, -0.1) is 4.13 Å². The molecule has 5 unspecified atom stereocenters. The van der Waals surface area contributed by atoms with Crippen LogP contribution in [-0.2, 0) is 24.8 Å². The number of rotatable bonds is 4. The largest absolute Gasteiger partial charge is 0.298 e. The molecular weight excluding hydrogens is 338 g/mol. The van der Waals surface area contributed by atoms with E-state index in [1.807, 2.05) is 4.13 Å². The fourth-order valence-corrected chi connectivity index (χ4v) is 10.1. The molecule has 0 heterocycles. The molecule has 8 heteroatoms. The molecule has 0 aromatic heterocycles. The van der Waals surface area contributed by atoms with Crippen molar-refractivity contribution in [3.05, 3.63) is 0 Å². The van der Waals surface area contributed by atoms with Crippen LogP contribution in [0.4, 0.5) is 0 Å². The molecule has 0 amide bonds. The highest BCUT2D eigenvalue weighted by Crippen LogP contribution is 2.58. The summed E-state index contributed by atoms with van der Waals surface area (Å²) in [5.74, 6) is 0.0330. The van der Waals surface area contributed by atoms with Gasteiger partial charge >= 0.3 is 0 Å². The lowest BCUT2D eigenvalue weighted by Gasteiger charge is -2.30. The third-order valence-corrected chi connectivity index (χ3v) is 11.0. The Balaban J connectivity index is 1.58. The van der Waals surface area contributed by atoms with Gasteiger partial charge in [-0.3, -0.25) is 4.79 Å². The van der Waals surface area contributed by atoms with Gasteiger partial charge < -0.3 is 0 Å². The van der Waals surface area contributed by atoms with Gasteiger partial charge in [-0.25, -0.2) is 16.8 Å². The van der Waals surface area contributed by atoms with Crippen molar-refractivity contribution in [3.8, 4) is 0 Å². The molecule has 2 bridgehead atoms. The first kappa shape index (κ1) is 16.0. The zero-order chi connectivity index (χ0) is 16.4. The van der Waals surface area contributed by atoms with E-state index in [0.29, 0.717) is 25.2 Å². The molecule has 5 atom stereocenters. The van der Waals surface area contributed by atoms with Gasteiger partial charge in [-0.1, -0.05) is 19.3 Å². The van der Waals surface area contributed by atoms with Gasteiger partial charge in [0.25, 0.3) is 0 Å². The summed E-state index contributed by atoms with van der Waals surface area (Å²) in [5.41, 5.74) is 0. The summed E-state index contributed by atoms with van der Waals surface area (Å²) < 4.78 is 52.0. The Morgan fingerprint density at radius 3 is 2.13 bits per heavy atom. The maximum atomic E-state index is 12.7. The van der Waals surface area contributed by atoms with Crippen LogP contribution in [0.3, 0.4) is 0 Å². The SMILES string of the molecule is O=C1C2CC(C3CCCC23)C1S(=O)(=O)NS(=O)(=O)C1CCCC1. The summed E-state index contributed by atoms with van der Waals surface area (Å²) in [6.07, 6.45) is 6.28. The zero-order valence-corrected chi connectivity index (χ0v) is 14.6. The van der Waals surface area contributed by atoms with Crippen molar-refractivity contribution in [2.75, 3.05) is 0 Å². The van der Waals surface area contributed by atoms with Crippen molar-refractivity contribution in [1.82, 2.24) is 4.13 Å². The molecule has 6 nitrogen and oxygen atoms in total. The Morgan fingerprint density at radius 1 is 0.783 bits per heavy atom. The summed E-state index contributed by atoms with van der Waals surface area (Å²) in [7, 11) is -8.07. The minimum atomic E-state index is -4.16. The lowest BCUT2D eigenvalue weighted by molar-refractivity contribution is -0.123. The summed E-state index contributed by atoms with van der Waals surface area (Å²) in [5, 5.41) is -1.78. The highest BCUT2D eigenvalue weighted by Gasteiger charge is 2.63. The van der Waals surface area contributed by atoms with Crippen molar-refractivity contribution in [3.63, 3.8) is 0 Å². The number of carbonyl (C=O) groups excluding carboxylic acids is 1. The summed E-state index contributed by atoms with van der Waals surface area (Å²) >= 11 is 0. The number of hydrogen-bond donors (Lipinski definition) is 1. The van der Waals surface area contributed by atoms with Crippen LogP contribution < -0.4 is 4.13 Å². The number of carbonyl (C=O) groups is 1. The average Bonchev–Trinajstić information content (AvgIpc) is 3.19. The quantitative estimate of drug-likeness (QED) is 0.811. The Kier molecular flexibility index (Phi) is 3.67. The number of hydrogen-bond acceptors (Lipinski definition) is 5. The molecule has 0 aromatic carbocycles. The monoisotopic (exact) mass is 361 g/mol. The van der Waals surface area contributed by atoms with Gasteiger partial charge in [0.1, 0.15) is 5.25 Å². The van der Waals surface area contributed by atoms with Crippen molar-refractivity contribution in [2.45, 2.75) is 61.9 Å². The van der Waals surface area contributed by atoms with Crippen molar-refractivity contribution in [2.24, 2.45) is 23.7 Å². The molecule has 23 heavy (non-hydrogen) atoms. The van der Waals surface area contributed by atoms with Crippen LogP contribution >= 0.6 is 0 Å². The summed E-state index contributed by atoms with van der Waals surface area (Å²) in [6, 6.07) is 0. The maximum Gasteiger partial charge on any atom is 0.234 e. The minimum absolute atomic E-state index is 0.164. The van der Waals surface area contributed by atoms with Gasteiger partial charge in [-0.05, 0) is 49.9 Å². The third-order valence-electron chi connectivity index (χ3n) is 6.56. The third kappa shape index (κ3) is 2.40. The van der Waals surface area contributed by atoms with Crippen LogP contribution in [0.15, 0.2) is 0 Å². The van der Waals surface area contributed by atoms with E-state index in [0.717, 1.165) is 32.1 Å². The van der Waals surface area contributed by atoms with Crippen LogP contribution in [0.25, 0.3) is 0 Å². The Morgan fingerprint density at radius 2 is 1.43 bits per heavy atom. The first-order valence-corrected chi connectivity index (χ1v) is 11.7. The highest BCUT2D eigenvalue weighted by atomic mass is 32.3. The summed E-state index contributed by atoms with van der Waals surface area (Å²) in [4.78, 5) is 12.5. The van der Waals surface area contributed by atoms with Gasteiger partial charge in [0.15, 0.2) is 5.78 Å². The number of ketones is 1. The van der Waals surface area contributed by atoms with E-state index in [9.17, 15) is 21.6 Å². The van der Waals surface area contributed by atoms with E-state index in [4.69, 9.17) is 0 Å². The molecule has 0 spiro atoms. The molecule has 4 fully saturated rings. The normalized spacial score (nSPS) is 40.9. The van der Waals surface area contributed by atoms with Crippen molar-refractivity contribution in [1.29, 1.82) is 0 Å². The minimum Gasteiger partial charge on any atom is -0.298 e. The maximum absolute atomic E-state index is 12.7. The van der Waals surface area contributed by atoms with Crippen LogP contribution in [0.5, 0.6) is 0 Å². The molecule has 4 aliphatic carbocycles. The zero-order valence-electron chi connectivity index (χ0n) is 13.0. The van der Waals surface area contributed by atoms with Gasteiger partial charge in [0.2, 0.25) is 20.0 Å². The highest BCUT2D eigenvalue weighted by molar-refractivity contribution is 8.05. The van der Waals surface area contributed by atoms with E-state index in [1.54, 1.807) is 0 Å². The molecular formula is C15H23NO5S2. The van der Waals surface area contributed by atoms with Gasteiger partial charge in [-0.2, -0.15) is 0 Å². The molecule has 0 radical (unpaired) electrons. The second-order valence-electron chi connectivity index (χ2n) is 7.67. The average molecular weight is 361 g/mol. The van der Waals surface area contributed by atoms with E-state index in [-0.39, 0.29) is 23.5 Å². The van der Waals surface area contributed by atoms with E-state index >= 15 is 0 Å². The molecule has 0 aliphatic heterocycles. The fraction of sp³-hybridized carbons (Fsp3) is 0.933. The summed E-state index contributed by atoms with van der Waals surface area (Å²) in [6.45, 7) is 0. The number of sulfonamides is 2. The number of nitrogens with one attached hydrogen (secondary N) is 1. The first-order valence-electron chi connectivity index (χ1n) is 8.61. The Bertz CT molecular complexity index is 723. The molecule has 130 valence electrons. The molecule has 4 saturated carbocycles. The van der Waals surface area contributed by atoms with Gasteiger partial charge in [0, 0.05) is 5.92 Å². The van der Waals surface area contributed by atoms with E-state index < -0.39 is 30.5 Å². The molecule has 1 N–H and O–H groups in total. The number of Topliss-reactive ketones (excluding diaryl/α,β-unsaturated/α-hetero) is 1. The van der Waals surface area contributed by atoms with Crippen LogP contribution in [0, 0.1) is 23.7 Å². The number of fused-ring (bicyclic) bond motifs is 5. The van der Waals surface area contributed by atoms with Gasteiger partial charge in [0.05, 0.1) is 5.25 Å². The Labute approximate surface area is 137 Å². The van der Waals surface area contributed by atoms with Crippen LogP contribution in [-0.4, -0.2) is 33.1 Å². The van der Waals surface area contributed by atoms with Crippen LogP contribution in [0.2, 0.25) is 0 Å². The predicted octanol–water partition coefficient (Wildman–Crippen LogP) is 1.18. The van der Waals surface area contributed by atoms with E-state index in [1.165, 1.54) is 0 Å². The standard InChI is InChI=1S/C15H23NO5S2/c17-14-12-8-13(11-7-3-6-10(11)12)15(14)23(20,21)16-22(18,19)9-4-1-2-5-9/h9-13,15-16H,1-8H2. The molecule has 0 saturated heterocycles. The second kappa shape index (κ2) is 5.26. The van der Waals surface area contributed by atoms with Crippen molar-refractivity contribution >= 4 is 25.8 Å². The van der Waals surface area contributed by atoms with E-state index in [2.05, 4.69) is 0 Å². The topological polar surface area (TPSA) is 97.4 Å². The van der Waals surface area contributed by atoms with Crippen molar-refractivity contribution < 1.29 is 21.6 Å². The molecule has 0 aromatic rings. The lowest BCUT2D eigenvalue weighted by Crippen LogP contribution is -2.49. The predicted molar refractivity (Wildman–Crippen MR) is 84.5 cm³/mol. The lowest BCUT2D eigenvalue weighted by atomic mass is 9.81. The second-order valence-corrected chi connectivity index (χ2v) is 11.7. The first-order chi connectivity index (χ1) is 10.8. The smallest absolute Gasteiger partial charge is 0.234 e. The molecule has 4 rings (SSSR count).